The van der Waals surface area contributed by atoms with Gasteiger partial charge in [-0.25, -0.2) is 0 Å². The van der Waals surface area contributed by atoms with Crippen molar-refractivity contribution in [1.29, 1.82) is 5.26 Å². The molecule has 1 N–H and O–H groups in total. The van der Waals surface area contributed by atoms with Crippen molar-refractivity contribution in [1.82, 2.24) is 5.32 Å². The molecule has 29 heavy (non-hydrogen) atoms. The van der Waals surface area contributed by atoms with Crippen LogP contribution in [0.2, 0.25) is 5.02 Å². The van der Waals surface area contributed by atoms with Crippen LogP contribution < -0.4 is 14.8 Å². The van der Waals surface area contributed by atoms with Gasteiger partial charge in [-0.3, -0.25) is 4.79 Å². The molecule has 0 saturated carbocycles. The van der Waals surface area contributed by atoms with Crippen LogP contribution in [-0.4, -0.2) is 19.1 Å². The number of ether oxygens (including phenoxy) is 2. The minimum absolute atomic E-state index is 0.0253. The molecular weight excluding hydrogens is 388 g/mol. The molecule has 2 aromatic rings. The molecule has 0 aliphatic rings. The molecule has 6 heteroatoms. The second-order valence-corrected chi connectivity index (χ2v) is 7.05. The predicted octanol–water partition coefficient (Wildman–Crippen LogP) is 5.31. The molecule has 0 aliphatic heterocycles. The van der Waals surface area contributed by atoms with Crippen molar-refractivity contribution in [3.8, 4) is 17.6 Å². The van der Waals surface area contributed by atoms with Crippen LogP contribution in [0.15, 0.2) is 48.0 Å². The number of nitriles is 1. The number of nitrogens with zero attached hydrogens (tertiary/aromatic N) is 1. The van der Waals surface area contributed by atoms with E-state index >= 15 is 0 Å². The van der Waals surface area contributed by atoms with Crippen LogP contribution in [0.5, 0.6) is 11.5 Å². The van der Waals surface area contributed by atoms with Crippen LogP contribution in [0.3, 0.4) is 0 Å². The highest BCUT2D eigenvalue weighted by molar-refractivity contribution is 6.32. The van der Waals surface area contributed by atoms with Crippen molar-refractivity contribution < 1.29 is 14.3 Å². The maximum atomic E-state index is 12.6. The normalized spacial score (nSPS) is 13.2. The Morgan fingerprint density at radius 1 is 1.28 bits per heavy atom. The lowest BCUT2D eigenvalue weighted by atomic mass is 10.1. The zero-order chi connectivity index (χ0) is 21.4. The standard InChI is InChI=1S/C23H25ClN2O3/c1-5-15(2)29-22-20(24)12-17(13-21(22)28-4)11-19(14-25)23(27)26-16(3)18-9-7-6-8-10-18/h6-13,15-16H,5H2,1-4H3,(H,26,27)/b19-11-/t15-,16+/m0/s1. The number of carbonyl (C=O) groups is 1. The molecule has 0 radical (unpaired) electrons. The zero-order valence-electron chi connectivity index (χ0n) is 17.0. The molecule has 0 bridgehead atoms. The van der Waals surface area contributed by atoms with Gasteiger partial charge in [-0.15, -0.1) is 0 Å². The Bertz CT molecular complexity index is 920. The minimum atomic E-state index is -0.459. The third-order valence-electron chi connectivity index (χ3n) is 4.47. The molecule has 2 atom stereocenters. The number of halogens is 1. The molecule has 0 unspecified atom stereocenters. The first-order valence-corrected chi connectivity index (χ1v) is 9.79. The van der Waals surface area contributed by atoms with Crippen LogP contribution >= 0.6 is 11.6 Å². The molecule has 2 aromatic carbocycles. The average Bonchev–Trinajstić information content (AvgIpc) is 2.73. The summed E-state index contributed by atoms with van der Waals surface area (Å²) in [6.07, 6.45) is 2.27. The topological polar surface area (TPSA) is 71.3 Å². The summed E-state index contributed by atoms with van der Waals surface area (Å²) in [7, 11) is 1.52. The highest BCUT2D eigenvalue weighted by atomic mass is 35.5. The number of benzene rings is 2. The number of carbonyl (C=O) groups excluding carboxylic acids is 1. The van der Waals surface area contributed by atoms with E-state index in [1.807, 2.05) is 57.2 Å². The fraction of sp³-hybridized carbons (Fsp3) is 0.304. The van der Waals surface area contributed by atoms with Crippen LogP contribution in [0.1, 0.15) is 44.4 Å². The van der Waals surface area contributed by atoms with Crippen molar-refractivity contribution in [2.45, 2.75) is 39.3 Å². The first-order valence-electron chi connectivity index (χ1n) is 9.41. The third-order valence-corrected chi connectivity index (χ3v) is 4.75. The fourth-order valence-corrected chi connectivity index (χ4v) is 2.90. The molecule has 5 nitrogen and oxygen atoms in total. The lowest BCUT2D eigenvalue weighted by Crippen LogP contribution is -2.27. The van der Waals surface area contributed by atoms with Crippen molar-refractivity contribution in [2.75, 3.05) is 7.11 Å². The van der Waals surface area contributed by atoms with Crippen molar-refractivity contribution in [3.05, 3.63) is 64.2 Å². The van der Waals surface area contributed by atoms with E-state index in [4.69, 9.17) is 21.1 Å². The summed E-state index contributed by atoms with van der Waals surface area (Å²) in [6.45, 7) is 5.81. The van der Waals surface area contributed by atoms with Crippen LogP contribution in [0.25, 0.3) is 6.08 Å². The van der Waals surface area contributed by atoms with Gasteiger partial charge in [0.15, 0.2) is 11.5 Å². The average molecular weight is 413 g/mol. The molecule has 0 aliphatic carbocycles. The Labute approximate surface area is 176 Å². The molecule has 0 aromatic heterocycles. The van der Waals surface area contributed by atoms with E-state index in [2.05, 4.69) is 5.32 Å². The highest BCUT2D eigenvalue weighted by Gasteiger charge is 2.17. The molecule has 0 saturated heterocycles. The first kappa shape index (κ1) is 22.3. The summed E-state index contributed by atoms with van der Waals surface area (Å²) in [4.78, 5) is 12.6. The minimum Gasteiger partial charge on any atom is -0.493 e. The van der Waals surface area contributed by atoms with Crippen LogP contribution in [-0.2, 0) is 4.79 Å². The second-order valence-electron chi connectivity index (χ2n) is 6.65. The van der Waals surface area contributed by atoms with E-state index in [9.17, 15) is 10.1 Å². The number of hydrogen-bond donors (Lipinski definition) is 1. The van der Waals surface area contributed by atoms with Gasteiger partial charge in [0.05, 0.1) is 24.3 Å². The van der Waals surface area contributed by atoms with E-state index < -0.39 is 5.91 Å². The largest absolute Gasteiger partial charge is 0.493 e. The van der Waals surface area contributed by atoms with Crippen molar-refractivity contribution in [2.24, 2.45) is 0 Å². The van der Waals surface area contributed by atoms with E-state index in [1.165, 1.54) is 13.2 Å². The van der Waals surface area contributed by atoms with Gasteiger partial charge in [-0.2, -0.15) is 5.26 Å². The molecule has 152 valence electrons. The van der Waals surface area contributed by atoms with Crippen LogP contribution in [0.4, 0.5) is 0 Å². The second kappa shape index (κ2) is 10.5. The Morgan fingerprint density at radius 2 is 1.97 bits per heavy atom. The van der Waals surface area contributed by atoms with Gasteiger partial charge in [0.2, 0.25) is 0 Å². The summed E-state index contributed by atoms with van der Waals surface area (Å²) in [5.41, 5.74) is 1.50. The Morgan fingerprint density at radius 3 is 2.55 bits per heavy atom. The van der Waals surface area contributed by atoms with Gasteiger partial charge in [0.25, 0.3) is 5.91 Å². The monoisotopic (exact) mass is 412 g/mol. The van der Waals surface area contributed by atoms with Gasteiger partial charge in [0.1, 0.15) is 11.6 Å². The van der Waals surface area contributed by atoms with Gasteiger partial charge in [-0.1, -0.05) is 48.9 Å². The third kappa shape index (κ3) is 6.00. The summed E-state index contributed by atoms with van der Waals surface area (Å²) >= 11 is 6.37. The zero-order valence-corrected chi connectivity index (χ0v) is 17.8. The van der Waals surface area contributed by atoms with Gasteiger partial charge in [0, 0.05) is 0 Å². The number of hydrogen-bond acceptors (Lipinski definition) is 4. The predicted molar refractivity (Wildman–Crippen MR) is 115 cm³/mol. The number of nitrogens with one attached hydrogen (secondary N) is 1. The van der Waals surface area contributed by atoms with Crippen molar-refractivity contribution >= 4 is 23.6 Å². The van der Waals surface area contributed by atoms with E-state index in [1.54, 1.807) is 12.1 Å². The summed E-state index contributed by atoms with van der Waals surface area (Å²) in [5.74, 6) is 0.430. The van der Waals surface area contributed by atoms with E-state index in [-0.39, 0.29) is 17.7 Å². The van der Waals surface area contributed by atoms with Gasteiger partial charge in [-0.05, 0) is 49.6 Å². The molecule has 0 fully saturated rings. The first-order chi connectivity index (χ1) is 13.9. The quantitative estimate of drug-likeness (QED) is 0.471. The molecule has 2 rings (SSSR count). The summed E-state index contributed by atoms with van der Waals surface area (Å²) in [6, 6.07) is 14.6. The highest BCUT2D eigenvalue weighted by Crippen LogP contribution is 2.38. The lowest BCUT2D eigenvalue weighted by Gasteiger charge is -2.17. The van der Waals surface area contributed by atoms with Gasteiger partial charge < -0.3 is 14.8 Å². The lowest BCUT2D eigenvalue weighted by molar-refractivity contribution is -0.117. The Hall–Kier alpha value is -2.97. The number of rotatable bonds is 8. The fourth-order valence-electron chi connectivity index (χ4n) is 2.64. The van der Waals surface area contributed by atoms with Gasteiger partial charge >= 0.3 is 0 Å². The smallest absolute Gasteiger partial charge is 0.262 e. The van der Waals surface area contributed by atoms with E-state index in [0.717, 1.165) is 12.0 Å². The molecule has 0 heterocycles. The Kier molecular flexibility index (Phi) is 8.11. The summed E-state index contributed by atoms with van der Waals surface area (Å²) < 4.78 is 11.2. The number of methoxy groups -OCH3 is 1. The summed E-state index contributed by atoms with van der Waals surface area (Å²) in [5, 5.41) is 12.7. The number of amides is 1. The van der Waals surface area contributed by atoms with Crippen molar-refractivity contribution in [3.63, 3.8) is 0 Å². The molecule has 0 spiro atoms. The molecular formula is C23H25ClN2O3. The Balaban J connectivity index is 2.26. The molecule has 1 amide bonds. The van der Waals surface area contributed by atoms with Crippen LogP contribution in [0, 0.1) is 11.3 Å². The van der Waals surface area contributed by atoms with E-state index in [0.29, 0.717) is 22.1 Å². The maximum absolute atomic E-state index is 12.6. The maximum Gasteiger partial charge on any atom is 0.262 e. The SMILES string of the molecule is CC[C@H](C)Oc1c(Cl)cc(/C=C(/C#N)C(=O)N[C@H](C)c2ccccc2)cc1OC.